The number of pyridine rings is 1. The first-order chi connectivity index (χ1) is 14.5. The molecule has 3 atom stereocenters. The van der Waals surface area contributed by atoms with Crippen LogP contribution < -0.4 is 10.2 Å². The van der Waals surface area contributed by atoms with Gasteiger partial charge in [-0.25, -0.2) is 14.4 Å². The topological polar surface area (TPSA) is 71.0 Å². The summed E-state index contributed by atoms with van der Waals surface area (Å²) in [5.41, 5.74) is 3.38. The number of benzene rings is 1. The first-order valence-electron chi connectivity index (χ1n) is 10.1. The highest BCUT2D eigenvalue weighted by molar-refractivity contribution is 5.94. The molecule has 7 heteroatoms. The molecule has 2 aliphatic heterocycles. The van der Waals surface area contributed by atoms with E-state index in [1.54, 1.807) is 6.20 Å². The van der Waals surface area contributed by atoms with E-state index in [9.17, 15) is 9.18 Å². The maximum absolute atomic E-state index is 13.1. The van der Waals surface area contributed by atoms with Crippen LogP contribution in [0.4, 0.5) is 15.9 Å². The number of rotatable bonds is 4. The molecule has 1 saturated carbocycles. The highest BCUT2D eigenvalue weighted by Crippen LogP contribution is 2.55. The third-order valence-corrected chi connectivity index (χ3v) is 6.18. The number of carbonyl (C=O) groups is 1. The van der Waals surface area contributed by atoms with E-state index in [4.69, 9.17) is 4.98 Å². The SMILES string of the molecule is Cc1nccc(N2c3ccc(CNC(=O)c4ccc(F)cc4)nc3C3CC2C3C)n1. The van der Waals surface area contributed by atoms with Gasteiger partial charge < -0.3 is 10.2 Å². The molecular formula is C23H22FN5O. The number of hydrogen-bond acceptors (Lipinski definition) is 5. The third kappa shape index (κ3) is 3.10. The quantitative estimate of drug-likeness (QED) is 0.716. The number of carbonyl (C=O) groups excluding carboxylic acids is 1. The molecule has 2 bridgehead atoms. The lowest BCUT2D eigenvalue weighted by atomic mass is 9.64. The van der Waals surface area contributed by atoms with Crippen LogP contribution in [0, 0.1) is 18.7 Å². The lowest BCUT2D eigenvalue weighted by molar-refractivity contribution is 0.0950. The van der Waals surface area contributed by atoms with Gasteiger partial charge in [-0.15, -0.1) is 0 Å². The van der Waals surface area contributed by atoms with Crippen LogP contribution in [0.2, 0.25) is 0 Å². The first-order valence-corrected chi connectivity index (χ1v) is 10.1. The molecule has 6 rings (SSSR count). The molecule has 1 aromatic carbocycles. The van der Waals surface area contributed by atoms with Crippen LogP contribution in [0.1, 0.15) is 46.8 Å². The summed E-state index contributed by atoms with van der Waals surface area (Å²) < 4.78 is 13.1. The van der Waals surface area contributed by atoms with Crippen LogP contribution in [0.5, 0.6) is 0 Å². The van der Waals surface area contributed by atoms with Gasteiger partial charge in [-0.3, -0.25) is 9.78 Å². The van der Waals surface area contributed by atoms with E-state index in [-0.39, 0.29) is 11.7 Å². The number of aromatic nitrogens is 3. The Hall–Kier alpha value is -3.35. The molecule has 4 heterocycles. The molecule has 1 fully saturated rings. The van der Waals surface area contributed by atoms with Gasteiger partial charge >= 0.3 is 0 Å². The van der Waals surface area contributed by atoms with Crippen LogP contribution in [-0.4, -0.2) is 26.9 Å². The zero-order valence-corrected chi connectivity index (χ0v) is 16.8. The fourth-order valence-corrected chi connectivity index (χ4v) is 4.47. The maximum atomic E-state index is 13.1. The van der Waals surface area contributed by atoms with Crippen molar-refractivity contribution in [3.05, 3.63) is 77.3 Å². The Morgan fingerprint density at radius 3 is 2.70 bits per heavy atom. The van der Waals surface area contributed by atoms with Gasteiger partial charge in [0.2, 0.25) is 0 Å². The molecule has 2 aromatic heterocycles. The van der Waals surface area contributed by atoms with Crippen molar-refractivity contribution in [1.82, 2.24) is 20.3 Å². The summed E-state index contributed by atoms with van der Waals surface area (Å²) in [6, 6.07) is 11.9. The van der Waals surface area contributed by atoms with Gasteiger partial charge in [0.05, 0.1) is 23.6 Å². The minimum Gasteiger partial charge on any atom is -0.346 e. The molecule has 3 aromatic rings. The van der Waals surface area contributed by atoms with Crippen molar-refractivity contribution < 1.29 is 9.18 Å². The van der Waals surface area contributed by atoms with Gasteiger partial charge in [-0.1, -0.05) is 6.92 Å². The summed E-state index contributed by atoms with van der Waals surface area (Å²) in [7, 11) is 0. The van der Waals surface area contributed by atoms with Crippen molar-refractivity contribution in [2.24, 2.45) is 5.92 Å². The van der Waals surface area contributed by atoms with Gasteiger partial charge in [0.15, 0.2) is 0 Å². The van der Waals surface area contributed by atoms with E-state index in [1.165, 1.54) is 24.3 Å². The largest absolute Gasteiger partial charge is 0.346 e. The second-order valence-electron chi connectivity index (χ2n) is 8.00. The monoisotopic (exact) mass is 403 g/mol. The molecule has 30 heavy (non-hydrogen) atoms. The van der Waals surface area contributed by atoms with Crippen molar-refractivity contribution in [2.45, 2.75) is 38.8 Å². The summed E-state index contributed by atoms with van der Waals surface area (Å²) in [5, 5.41) is 2.87. The number of nitrogens with one attached hydrogen (secondary N) is 1. The van der Waals surface area contributed by atoms with Gasteiger partial charge in [-0.2, -0.15) is 0 Å². The number of amides is 1. The van der Waals surface area contributed by atoms with Crippen LogP contribution in [0.3, 0.4) is 0 Å². The van der Waals surface area contributed by atoms with Crippen LogP contribution >= 0.6 is 0 Å². The Morgan fingerprint density at radius 2 is 1.97 bits per heavy atom. The number of nitrogens with zero attached hydrogens (tertiary/aromatic N) is 4. The highest BCUT2D eigenvalue weighted by Gasteiger charge is 2.50. The summed E-state index contributed by atoms with van der Waals surface area (Å²) >= 11 is 0. The van der Waals surface area contributed by atoms with Crippen LogP contribution in [-0.2, 0) is 6.54 Å². The Labute approximate surface area is 174 Å². The average molecular weight is 403 g/mol. The molecule has 1 aliphatic carbocycles. The van der Waals surface area contributed by atoms with Crippen molar-refractivity contribution in [1.29, 1.82) is 0 Å². The Kier molecular flexibility index (Phi) is 4.46. The minimum atomic E-state index is -0.362. The lowest BCUT2D eigenvalue weighted by Crippen LogP contribution is -2.53. The summed E-state index contributed by atoms with van der Waals surface area (Å²) in [4.78, 5) is 28.4. The number of aryl methyl sites for hydroxylation is 1. The molecule has 1 amide bonds. The molecule has 3 aliphatic rings. The third-order valence-electron chi connectivity index (χ3n) is 6.18. The molecule has 0 radical (unpaired) electrons. The predicted octanol–water partition coefficient (Wildman–Crippen LogP) is 3.89. The van der Waals surface area contributed by atoms with Crippen LogP contribution in [0.25, 0.3) is 0 Å². The van der Waals surface area contributed by atoms with E-state index in [1.807, 2.05) is 19.1 Å². The van der Waals surface area contributed by atoms with Gasteiger partial charge in [0.25, 0.3) is 5.91 Å². The Morgan fingerprint density at radius 1 is 1.17 bits per heavy atom. The number of anilines is 2. The predicted molar refractivity (Wildman–Crippen MR) is 111 cm³/mol. The fourth-order valence-electron chi connectivity index (χ4n) is 4.47. The van der Waals surface area contributed by atoms with E-state index in [0.717, 1.165) is 35.1 Å². The second-order valence-corrected chi connectivity index (χ2v) is 8.00. The van der Waals surface area contributed by atoms with Crippen molar-refractivity contribution >= 4 is 17.4 Å². The van der Waals surface area contributed by atoms with Gasteiger partial charge in [0.1, 0.15) is 17.5 Å². The highest BCUT2D eigenvalue weighted by atomic mass is 19.1. The van der Waals surface area contributed by atoms with Crippen molar-refractivity contribution in [3.8, 4) is 0 Å². The average Bonchev–Trinajstić information content (AvgIpc) is 2.76. The molecule has 3 unspecified atom stereocenters. The molecule has 1 N–H and O–H groups in total. The van der Waals surface area contributed by atoms with E-state index in [2.05, 4.69) is 33.2 Å². The molecule has 0 spiro atoms. The second kappa shape index (κ2) is 7.16. The van der Waals surface area contributed by atoms with Crippen LogP contribution in [0.15, 0.2) is 48.7 Å². The van der Waals surface area contributed by atoms with E-state index in [0.29, 0.717) is 30.0 Å². The number of halogens is 1. The van der Waals surface area contributed by atoms with E-state index >= 15 is 0 Å². The molecule has 152 valence electrons. The summed E-state index contributed by atoms with van der Waals surface area (Å²) in [6.07, 6.45) is 2.84. The first kappa shape index (κ1) is 18.7. The zero-order chi connectivity index (χ0) is 20.8. The lowest BCUT2D eigenvalue weighted by Gasteiger charge is -2.54. The molecular weight excluding hydrogens is 381 g/mol. The van der Waals surface area contributed by atoms with Crippen molar-refractivity contribution in [3.63, 3.8) is 0 Å². The van der Waals surface area contributed by atoms with Gasteiger partial charge in [-0.05, 0) is 61.7 Å². The van der Waals surface area contributed by atoms with E-state index < -0.39 is 0 Å². The zero-order valence-electron chi connectivity index (χ0n) is 16.8. The number of hydrogen-bond donors (Lipinski definition) is 1. The molecule has 0 saturated heterocycles. The Balaban J connectivity index is 1.39. The maximum Gasteiger partial charge on any atom is 0.251 e. The summed E-state index contributed by atoms with van der Waals surface area (Å²) in [6.45, 7) is 4.47. The Bertz CT molecular complexity index is 1120. The van der Waals surface area contributed by atoms with Gasteiger partial charge in [0, 0.05) is 23.7 Å². The summed E-state index contributed by atoms with van der Waals surface area (Å²) in [5.74, 6) is 1.96. The van der Waals surface area contributed by atoms with Crippen molar-refractivity contribution in [2.75, 3.05) is 4.90 Å². The normalized spacial score (nSPS) is 21.6. The fraction of sp³-hybridized carbons (Fsp3) is 0.304. The smallest absolute Gasteiger partial charge is 0.251 e. The molecule has 6 nitrogen and oxygen atoms in total. The standard InChI is InChI=1S/C23H22FN5O/c1-13-18-11-20(13)29(21-9-10-25-14(2)27-21)19-8-7-17(28-22(18)19)12-26-23(30)15-3-5-16(24)6-4-15/h3-10,13,18,20H,11-12H2,1-2H3,(H,26,30). The minimum absolute atomic E-state index is 0.246.